The fourth-order valence-corrected chi connectivity index (χ4v) is 3.26. The summed E-state index contributed by atoms with van der Waals surface area (Å²) in [5.41, 5.74) is 0.255. The number of pyridine rings is 1. The number of carboxylic acids is 1. The molecule has 4 nitrogen and oxygen atoms in total. The molecule has 1 heterocycles. The molecule has 0 amide bonds. The SMILES string of the molecule is CC1CCCC1CNc1ncc(C(=O)O)c2ccccc12. The topological polar surface area (TPSA) is 62.2 Å². The van der Waals surface area contributed by atoms with Crippen LogP contribution in [0.3, 0.4) is 0 Å². The highest BCUT2D eigenvalue weighted by Crippen LogP contribution is 2.32. The molecule has 2 unspecified atom stereocenters. The predicted molar refractivity (Wildman–Crippen MR) is 83.7 cm³/mol. The zero-order valence-electron chi connectivity index (χ0n) is 12.2. The van der Waals surface area contributed by atoms with Crippen LogP contribution in [0, 0.1) is 11.8 Å². The molecular formula is C17H20N2O2. The molecule has 0 radical (unpaired) electrons. The summed E-state index contributed by atoms with van der Waals surface area (Å²) in [6.07, 6.45) is 5.32. The molecule has 1 aromatic carbocycles. The zero-order valence-corrected chi connectivity index (χ0v) is 12.2. The van der Waals surface area contributed by atoms with Crippen LogP contribution in [0.15, 0.2) is 30.5 Å². The van der Waals surface area contributed by atoms with Crippen molar-refractivity contribution in [3.8, 4) is 0 Å². The Morgan fingerprint density at radius 3 is 2.76 bits per heavy atom. The Hall–Kier alpha value is -2.10. The van der Waals surface area contributed by atoms with Gasteiger partial charge in [-0.15, -0.1) is 0 Å². The number of hydrogen-bond donors (Lipinski definition) is 2. The van der Waals surface area contributed by atoms with Gasteiger partial charge < -0.3 is 10.4 Å². The molecule has 1 aliphatic rings. The van der Waals surface area contributed by atoms with Crippen LogP contribution < -0.4 is 5.32 Å². The first-order chi connectivity index (χ1) is 10.2. The van der Waals surface area contributed by atoms with Crippen LogP contribution in [0.5, 0.6) is 0 Å². The largest absolute Gasteiger partial charge is 0.478 e. The molecule has 1 fully saturated rings. The third-order valence-corrected chi connectivity index (χ3v) is 4.60. The molecule has 1 aliphatic carbocycles. The number of anilines is 1. The molecule has 1 aromatic heterocycles. The van der Waals surface area contributed by atoms with Gasteiger partial charge in [-0.3, -0.25) is 0 Å². The first-order valence-electron chi connectivity index (χ1n) is 7.51. The highest BCUT2D eigenvalue weighted by Gasteiger charge is 2.23. The number of nitrogens with one attached hydrogen (secondary N) is 1. The van der Waals surface area contributed by atoms with Gasteiger partial charge in [-0.1, -0.05) is 44.0 Å². The lowest BCUT2D eigenvalue weighted by atomic mass is 9.98. The van der Waals surface area contributed by atoms with Crippen molar-refractivity contribution >= 4 is 22.6 Å². The number of carboxylic acid groups (broad SMARTS) is 1. The maximum Gasteiger partial charge on any atom is 0.337 e. The number of carbonyl (C=O) groups is 1. The lowest BCUT2D eigenvalue weighted by Crippen LogP contribution is -2.17. The van der Waals surface area contributed by atoms with E-state index in [1.165, 1.54) is 25.5 Å². The summed E-state index contributed by atoms with van der Waals surface area (Å²) in [5.74, 6) is 1.29. The average molecular weight is 284 g/mol. The lowest BCUT2D eigenvalue weighted by Gasteiger charge is -2.17. The van der Waals surface area contributed by atoms with Gasteiger partial charge in [0.25, 0.3) is 0 Å². The van der Waals surface area contributed by atoms with Crippen molar-refractivity contribution in [2.24, 2.45) is 11.8 Å². The third-order valence-electron chi connectivity index (χ3n) is 4.60. The van der Waals surface area contributed by atoms with E-state index in [2.05, 4.69) is 17.2 Å². The minimum Gasteiger partial charge on any atom is -0.478 e. The zero-order chi connectivity index (χ0) is 14.8. The molecule has 3 rings (SSSR count). The summed E-state index contributed by atoms with van der Waals surface area (Å²) in [7, 11) is 0. The van der Waals surface area contributed by atoms with Gasteiger partial charge in [0, 0.05) is 23.5 Å². The van der Waals surface area contributed by atoms with Crippen LogP contribution in [0.25, 0.3) is 10.8 Å². The monoisotopic (exact) mass is 284 g/mol. The molecule has 0 saturated heterocycles. The fraction of sp³-hybridized carbons (Fsp3) is 0.412. The van der Waals surface area contributed by atoms with E-state index in [4.69, 9.17) is 0 Å². The fourth-order valence-electron chi connectivity index (χ4n) is 3.26. The molecule has 110 valence electrons. The molecule has 1 saturated carbocycles. The van der Waals surface area contributed by atoms with E-state index < -0.39 is 5.97 Å². The molecule has 0 bridgehead atoms. The summed E-state index contributed by atoms with van der Waals surface area (Å²) >= 11 is 0. The highest BCUT2D eigenvalue weighted by molar-refractivity contribution is 6.06. The number of nitrogens with zero attached hydrogens (tertiary/aromatic N) is 1. The quantitative estimate of drug-likeness (QED) is 0.897. The van der Waals surface area contributed by atoms with Gasteiger partial charge in [-0.2, -0.15) is 0 Å². The Labute approximate surface area is 124 Å². The maximum atomic E-state index is 11.3. The number of hydrogen-bond acceptors (Lipinski definition) is 3. The van der Waals surface area contributed by atoms with Crippen molar-refractivity contribution in [1.29, 1.82) is 0 Å². The third kappa shape index (κ3) is 2.71. The van der Waals surface area contributed by atoms with Gasteiger partial charge in [-0.25, -0.2) is 9.78 Å². The second-order valence-corrected chi connectivity index (χ2v) is 5.92. The van der Waals surface area contributed by atoms with E-state index in [0.29, 0.717) is 5.92 Å². The molecule has 2 aromatic rings. The molecule has 2 N–H and O–H groups in total. The van der Waals surface area contributed by atoms with Crippen LogP contribution in [-0.4, -0.2) is 22.6 Å². The van der Waals surface area contributed by atoms with Crippen molar-refractivity contribution < 1.29 is 9.90 Å². The van der Waals surface area contributed by atoms with Crippen LogP contribution in [-0.2, 0) is 0 Å². The smallest absolute Gasteiger partial charge is 0.337 e. The van der Waals surface area contributed by atoms with Crippen molar-refractivity contribution in [2.45, 2.75) is 26.2 Å². The van der Waals surface area contributed by atoms with E-state index in [-0.39, 0.29) is 5.56 Å². The molecule has 0 aliphatic heterocycles. The van der Waals surface area contributed by atoms with Crippen LogP contribution in [0.2, 0.25) is 0 Å². The minimum atomic E-state index is -0.935. The van der Waals surface area contributed by atoms with E-state index in [9.17, 15) is 9.90 Å². The highest BCUT2D eigenvalue weighted by atomic mass is 16.4. The second kappa shape index (κ2) is 5.72. The summed E-state index contributed by atoms with van der Waals surface area (Å²) < 4.78 is 0. The second-order valence-electron chi connectivity index (χ2n) is 5.92. The van der Waals surface area contributed by atoms with Crippen LogP contribution in [0.4, 0.5) is 5.82 Å². The van der Waals surface area contributed by atoms with Crippen LogP contribution >= 0.6 is 0 Å². The number of benzene rings is 1. The Morgan fingerprint density at radius 2 is 2.10 bits per heavy atom. The Bertz CT molecular complexity index is 669. The normalized spacial score (nSPS) is 21.6. The standard InChI is InChI=1S/C17H20N2O2/c1-11-5-4-6-12(11)9-18-16-14-8-3-2-7-13(14)15(10-19-16)17(20)21/h2-3,7-8,10-12H,4-6,9H2,1H3,(H,18,19)(H,20,21). The van der Waals surface area contributed by atoms with Crippen molar-refractivity contribution in [3.63, 3.8) is 0 Å². The van der Waals surface area contributed by atoms with Crippen molar-refractivity contribution in [1.82, 2.24) is 4.98 Å². The molecule has 2 atom stereocenters. The molecular weight excluding hydrogens is 264 g/mol. The Morgan fingerprint density at radius 1 is 1.33 bits per heavy atom. The van der Waals surface area contributed by atoms with Gasteiger partial charge in [0.1, 0.15) is 5.82 Å². The van der Waals surface area contributed by atoms with Gasteiger partial charge in [-0.05, 0) is 18.3 Å². The van der Waals surface area contributed by atoms with Crippen molar-refractivity contribution in [3.05, 3.63) is 36.0 Å². The van der Waals surface area contributed by atoms with E-state index in [1.807, 2.05) is 24.3 Å². The van der Waals surface area contributed by atoms with Gasteiger partial charge in [0.2, 0.25) is 0 Å². The maximum absolute atomic E-state index is 11.3. The minimum absolute atomic E-state index is 0.255. The van der Waals surface area contributed by atoms with Gasteiger partial charge in [0.15, 0.2) is 0 Å². The first kappa shape index (κ1) is 13.9. The van der Waals surface area contributed by atoms with Gasteiger partial charge in [0.05, 0.1) is 5.56 Å². The van der Waals surface area contributed by atoms with E-state index in [1.54, 1.807) is 0 Å². The molecule has 0 spiro atoms. The summed E-state index contributed by atoms with van der Waals surface area (Å²) in [5, 5.41) is 14.3. The van der Waals surface area contributed by atoms with Crippen LogP contribution in [0.1, 0.15) is 36.5 Å². The van der Waals surface area contributed by atoms with E-state index in [0.717, 1.165) is 29.1 Å². The summed E-state index contributed by atoms with van der Waals surface area (Å²) in [6, 6.07) is 7.54. The number of aromatic nitrogens is 1. The molecule has 4 heteroatoms. The molecule has 21 heavy (non-hydrogen) atoms. The van der Waals surface area contributed by atoms with Gasteiger partial charge >= 0.3 is 5.97 Å². The number of fused-ring (bicyclic) bond motifs is 1. The summed E-state index contributed by atoms with van der Waals surface area (Å²) in [4.78, 5) is 15.6. The predicted octanol–water partition coefficient (Wildman–Crippen LogP) is 3.78. The average Bonchev–Trinajstić information content (AvgIpc) is 2.89. The van der Waals surface area contributed by atoms with E-state index >= 15 is 0 Å². The summed E-state index contributed by atoms with van der Waals surface area (Å²) in [6.45, 7) is 3.21. The first-order valence-corrected chi connectivity index (χ1v) is 7.51. The number of aromatic carboxylic acids is 1. The Balaban J connectivity index is 1.89. The lowest BCUT2D eigenvalue weighted by molar-refractivity contribution is 0.0698. The van der Waals surface area contributed by atoms with Crippen molar-refractivity contribution in [2.75, 3.05) is 11.9 Å². The number of rotatable bonds is 4. The Kier molecular flexibility index (Phi) is 3.78.